The Bertz CT molecular complexity index is 1090. The number of ether oxygens (including phenoxy) is 3. The van der Waals surface area contributed by atoms with E-state index in [4.69, 9.17) is 14.2 Å². The Hall–Kier alpha value is -4.06. The zero-order valence-corrected chi connectivity index (χ0v) is 18.7. The van der Waals surface area contributed by atoms with E-state index in [1.54, 1.807) is 7.11 Å². The molecule has 0 fully saturated rings. The predicted octanol–water partition coefficient (Wildman–Crippen LogP) is 4.64. The Kier molecular flexibility index (Phi) is 6.45. The highest BCUT2D eigenvalue weighted by Gasteiger charge is 2.48. The number of hydrogen-bond acceptors (Lipinski definition) is 6. The quantitative estimate of drug-likeness (QED) is 0.517. The molecule has 3 aromatic rings. The summed E-state index contributed by atoms with van der Waals surface area (Å²) in [7, 11) is 4.25. The zero-order chi connectivity index (χ0) is 23.4. The molecule has 0 bridgehead atoms. The largest absolute Gasteiger partial charge is 0.497 e. The molecule has 1 aliphatic rings. The fraction of sp³-hybridized carbons (Fsp3) is 0.185. The molecule has 0 spiro atoms. The van der Waals surface area contributed by atoms with Crippen molar-refractivity contribution >= 4 is 17.6 Å². The van der Waals surface area contributed by atoms with Gasteiger partial charge in [-0.1, -0.05) is 60.7 Å². The monoisotopic (exact) mass is 443 g/mol. The summed E-state index contributed by atoms with van der Waals surface area (Å²) in [5, 5.41) is 0. The second-order valence-corrected chi connectivity index (χ2v) is 7.54. The van der Waals surface area contributed by atoms with Gasteiger partial charge in [0.2, 0.25) is 0 Å². The average molecular weight is 443 g/mol. The molecule has 0 saturated heterocycles. The van der Waals surface area contributed by atoms with E-state index in [0.29, 0.717) is 5.75 Å². The van der Waals surface area contributed by atoms with Crippen molar-refractivity contribution in [3.05, 3.63) is 107 Å². The van der Waals surface area contributed by atoms with Crippen LogP contribution in [0.25, 0.3) is 0 Å². The lowest BCUT2D eigenvalue weighted by Gasteiger charge is -2.34. The Morgan fingerprint density at radius 3 is 1.42 bits per heavy atom. The lowest BCUT2D eigenvalue weighted by molar-refractivity contribution is -0.139. The van der Waals surface area contributed by atoms with Crippen LogP contribution in [0, 0.1) is 0 Å². The van der Waals surface area contributed by atoms with Crippen LogP contribution >= 0.6 is 0 Å². The van der Waals surface area contributed by atoms with Crippen molar-refractivity contribution in [2.75, 3.05) is 26.2 Å². The van der Waals surface area contributed by atoms with Gasteiger partial charge < -0.3 is 19.1 Å². The molecule has 0 aromatic heterocycles. The van der Waals surface area contributed by atoms with E-state index < -0.39 is 24.0 Å². The van der Waals surface area contributed by atoms with E-state index in [-0.39, 0.29) is 11.1 Å². The topological polar surface area (TPSA) is 65.1 Å². The normalized spacial score (nSPS) is 17.6. The molecule has 168 valence electrons. The third kappa shape index (κ3) is 4.07. The van der Waals surface area contributed by atoms with Crippen molar-refractivity contribution in [3.63, 3.8) is 0 Å². The molecule has 0 N–H and O–H groups in total. The van der Waals surface area contributed by atoms with E-state index in [2.05, 4.69) is 4.90 Å². The summed E-state index contributed by atoms with van der Waals surface area (Å²) in [6.07, 6.45) is 0. The van der Waals surface area contributed by atoms with Gasteiger partial charge in [0.15, 0.2) is 0 Å². The van der Waals surface area contributed by atoms with Crippen LogP contribution in [0.3, 0.4) is 0 Å². The Morgan fingerprint density at radius 1 is 0.636 bits per heavy atom. The maximum Gasteiger partial charge on any atom is 0.336 e. The maximum atomic E-state index is 13.1. The van der Waals surface area contributed by atoms with Crippen molar-refractivity contribution in [2.24, 2.45) is 0 Å². The number of esters is 2. The molecule has 2 atom stereocenters. The van der Waals surface area contributed by atoms with E-state index in [0.717, 1.165) is 16.8 Å². The van der Waals surface area contributed by atoms with Crippen molar-refractivity contribution in [1.82, 2.24) is 0 Å². The Balaban J connectivity index is 2.03. The van der Waals surface area contributed by atoms with Crippen LogP contribution in [0.1, 0.15) is 23.2 Å². The van der Waals surface area contributed by atoms with Crippen LogP contribution in [-0.4, -0.2) is 33.3 Å². The van der Waals surface area contributed by atoms with E-state index in [1.165, 1.54) is 14.2 Å². The van der Waals surface area contributed by atoms with E-state index in [1.807, 2.05) is 84.9 Å². The zero-order valence-electron chi connectivity index (χ0n) is 18.7. The van der Waals surface area contributed by atoms with Crippen LogP contribution in [-0.2, 0) is 19.1 Å². The minimum Gasteiger partial charge on any atom is -0.497 e. The van der Waals surface area contributed by atoms with Gasteiger partial charge in [-0.3, -0.25) is 0 Å². The summed E-state index contributed by atoms with van der Waals surface area (Å²) in [5.41, 5.74) is 3.06. The van der Waals surface area contributed by atoms with Gasteiger partial charge >= 0.3 is 11.9 Å². The van der Waals surface area contributed by atoms with E-state index >= 15 is 0 Å². The summed E-state index contributed by atoms with van der Waals surface area (Å²) >= 11 is 0. The third-order valence-electron chi connectivity index (χ3n) is 5.81. The first-order valence-corrected chi connectivity index (χ1v) is 10.5. The highest BCUT2D eigenvalue weighted by molar-refractivity contribution is 6.05. The highest BCUT2D eigenvalue weighted by atomic mass is 16.5. The minimum absolute atomic E-state index is 0.264. The number of carbonyl (C=O) groups excluding carboxylic acids is 2. The Morgan fingerprint density at radius 2 is 1.06 bits per heavy atom. The number of benzene rings is 3. The van der Waals surface area contributed by atoms with Crippen LogP contribution in [0.15, 0.2) is 96.1 Å². The van der Waals surface area contributed by atoms with Gasteiger partial charge in [0.05, 0.1) is 44.6 Å². The molecule has 0 radical (unpaired) electrons. The first kappa shape index (κ1) is 22.1. The van der Waals surface area contributed by atoms with Gasteiger partial charge in [0.1, 0.15) is 5.75 Å². The summed E-state index contributed by atoms with van der Waals surface area (Å²) < 4.78 is 15.7. The van der Waals surface area contributed by atoms with Crippen molar-refractivity contribution < 1.29 is 23.8 Å². The van der Waals surface area contributed by atoms with Crippen molar-refractivity contribution in [2.45, 2.75) is 12.1 Å². The molecule has 0 amide bonds. The third-order valence-corrected chi connectivity index (χ3v) is 5.81. The molecule has 0 aliphatic carbocycles. The molecule has 6 nitrogen and oxygen atoms in total. The fourth-order valence-electron chi connectivity index (χ4n) is 4.36. The molecule has 0 saturated carbocycles. The first-order chi connectivity index (χ1) is 16.1. The average Bonchev–Trinajstić information content (AvgIpc) is 3.25. The van der Waals surface area contributed by atoms with Crippen molar-refractivity contribution in [3.8, 4) is 5.75 Å². The second-order valence-electron chi connectivity index (χ2n) is 7.54. The number of carbonyl (C=O) groups is 2. The van der Waals surface area contributed by atoms with Crippen LogP contribution in [0.4, 0.5) is 5.69 Å². The van der Waals surface area contributed by atoms with Gasteiger partial charge in [0.25, 0.3) is 0 Å². The molecular weight excluding hydrogens is 418 g/mol. The second kappa shape index (κ2) is 9.61. The van der Waals surface area contributed by atoms with Gasteiger partial charge in [-0.05, 0) is 35.4 Å². The number of anilines is 1. The molecule has 4 rings (SSSR count). The van der Waals surface area contributed by atoms with Crippen LogP contribution in [0.5, 0.6) is 5.75 Å². The fourth-order valence-corrected chi connectivity index (χ4v) is 4.36. The van der Waals surface area contributed by atoms with Crippen LogP contribution < -0.4 is 9.64 Å². The van der Waals surface area contributed by atoms with Crippen LogP contribution in [0.2, 0.25) is 0 Å². The van der Waals surface area contributed by atoms with Gasteiger partial charge in [-0.2, -0.15) is 0 Å². The smallest absolute Gasteiger partial charge is 0.336 e. The maximum absolute atomic E-state index is 13.1. The van der Waals surface area contributed by atoms with Gasteiger partial charge in [0, 0.05) is 5.69 Å². The SMILES string of the molecule is COC(=O)C1=C(C(=O)OC)[C@H](c2ccccc2)N(c2ccc(OC)cc2)[C@H]1c1ccccc1. The van der Waals surface area contributed by atoms with E-state index in [9.17, 15) is 9.59 Å². The molecule has 3 aromatic carbocycles. The number of rotatable bonds is 6. The summed E-state index contributed by atoms with van der Waals surface area (Å²) in [4.78, 5) is 28.4. The van der Waals surface area contributed by atoms with Gasteiger partial charge in [-0.25, -0.2) is 9.59 Å². The number of hydrogen-bond donors (Lipinski definition) is 0. The van der Waals surface area contributed by atoms with Crippen molar-refractivity contribution in [1.29, 1.82) is 0 Å². The molecule has 1 aliphatic heterocycles. The number of nitrogens with zero attached hydrogens (tertiary/aromatic N) is 1. The summed E-state index contributed by atoms with van der Waals surface area (Å²) in [6, 6.07) is 25.6. The molecule has 1 heterocycles. The predicted molar refractivity (Wildman–Crippen MR) is 125 cm³/mol. The standard InChI is InChI=1S/C27H25NO5/c1-31-21-16-14-20(15-17-21)28-24(18-10-6-4-7-11-18)22(26(29)32-2)23(27(30)33-3)25(28)19-12-8-5-9-13-19/h4-17,24-25H,1-3H3/t24-,25-/m0/s1. The lowest BCUT2D eigenvalue weighted by atomic mass is 9.95. The van der Waals surface area contributed by atoms with Gasteiger partial charge in [-0.15, -0.1) is 0 Å². The molecule has 33 heavy (non-hydrogen) atoms. The lowest BCUT2D eigenvalue weighted by Crippen LogP contribution is -2.30. The number of methoxy groups -OCH3 is 3. The minimum atomic E-state index is -0.568. The summed E-state index contributed by atoms with van der Waals surface area (Å²) in [6.45, 7) is 0. The highest BCUT2D eigenvalue weighted by Crippen LogP contribution is 2.51. The Labute approximate surface area is 193 Å². The molecule has 6 heteroatoms. The molecule has 0 unspecified atom stereocenters. The molecular formula is C27H25NO5. The summed E-state index contributed by atoms with van der Waals surface area (Å²) in [5.74, 6) is -0.429. The first-order valence-electron chi connectivity index (χ1n) is 10.5.